The molecular weight excluding hydrogens is 131 g/mol. The molecule has 0 saturated carbocycles. The van der Waals surface area contributed by atoms with E-state index < -0.39 is 0 Å². The molecule has 4 heavy (non-hydrogen) atoms. The van der Waals surface area contributed by atoms with Gasteiger partial charge in [-0.05, 0) is 0 Å². The number of nitrogens with two attached hydrogens (primary N) is 3. The molecule has 0 aliphatic heterocycles. The van der Waals surface area contributed by atoms with Crippen LogP contribution in [0.15, 0.2) is 0 Å². The maximum Gasteiger partial charge on any atom is 3.00 e. The van der Waals surface area contributed by atoms with Crippen molar-refractivity contribution in [2.45, 2.75) is 0 Å². The van der Waals surface area contributed by atoms with Crippen LogP contribution in [-0.4, -0.2) is 0 Å². The molecule has 0 aromatic rings. The van der Waals surface area contributed by atoms with Gasteiger partial charge in [0.05, 0.1) is 0 Å². The molecule has 0 rings (SSSR count). The van der Waals surface area contributed by atoms with Gasteiger partial charge in [-0.15, -0.1) is 0 Å². The van der Waals surface area contributed by atoms with Crippen LogP contribution >= 0.6 is 0 Å². The summed E-state index contributed by atoms with van der Waals surface area (Å²) in [5.41, 5.74) is 0. The molecule has 0 aliphatic rings. The first kappa shape index (κ1) is 81.7. The van der Waals surface area contributed by atoms with Gasteiger partial charge >= 0.3 is 32.7 Å². The summed E-state index contributed by atoms with van der Waals surface area (Å²) < 4.78 is 0. The summed E-state index contributed by atoms with van der Waals surface area (Å²) in [5, 5.41) is 0. The van der Waals surface area contributed by atoms with E-state index >= 15 is 0 Å². The molecule has 4 heteroatoms. The van der Waals surface area contributed by atoms with Crippen LogP contribution in [0, 0.1) is 0 Å². The van der Waals surface area contributed by atoms with E-state index in [-0.39, 0.29) is 51.2 Å². The first-order valence-corrected chi connectivity index (χ1v) is 0. The zero-order valence-corrected chi connectivity index (χ0v) is 5.15. The Bertz CT molecular complexity index is 3.25. The van der Waals surface area contributed by atoms with Gasteiger partial charge < -0.3 is 18.5 Å². The van der Waals surface area contributed by atoms with E-state index in [1.165, 1.54) is 0 Å². The number of hydrogen-bond donors (Lipinski definition) is 0. The topological polar surface area (TPSA) is 100 Å². The molecule has 0 fully saturated rings. The van der Waals surface area contributed by atoms with Crippen molar-refractivity contribution >= 4 is 0 Å². The molecule has 0 aromatic heterocycles. The van der Waals surface area contributed by atoms with Crippen molar-refractivity contribution in [2.75, 3.05) is 0 Å². The van der Waals surface area contributed by atoms with Crippen LogP contribution in [0.3, 0.4) is 0 Å². The fraction of sp³-hybridized carbons (Fsp3) is 0. The molecule has 0 bridgehead atoms. The quantitative estimate of drug-likeness (QED) is 0.488. The van der Waals surface area contributed by atoms with E-state index in [0.717, 1.165) is 0 Å². The number of rotatable bonds is 0. The summed E-state index contributed by atoms with van der Waals surface area (Å²) in [7, 11) is 0. The van der Waals surface area contributed by atoms with Crippen molar-refractivity contribution in [1.82, 2.24) is 0 Å². The molecule has 0 heterocycles. The van der Waals surface area contributed by atoms with E-state index in [9.17, 15) is 0 Å². The van der Waals surface area contributed by atoms with Gasteiger partial charge in [-0.3, -0.25) is 0 Å². The smallest absolute Gasteiger partial charge is 0.693 e. The number of hydrogen-bond acceptors (Lipinski definition) is 0. The average molecular weight is 137 g/mol. The van der Waals surface area contributed by atoms with Crippen LogP contribution in [-0.2, 0) is 32.7 Å². The standard InChI is InChI=1S/3H2N.Y/h3*1H2;/q3*-1;+3. The second-order valence-electron chi connectivity index (χ2n) is 0. The first-order chi connectivity index (χ1) is 0. The monoisotopic (exact) mass is 137 g/mol. The predicted octanol–water partition coefficient (Wildman–Crippen LogP) is 2.15. The van der Waals surface area contributed by atoms with Crippen molar-refractivity contribution in [3.63, 3.8) is 0 Å². The van der Waals surface area contributed by atoms with E-state index in [2.05, 4.69) is 0 Å². The molecule has 0 unspecified atom stereocenters. The second kappa shape index (κ2) is 36.6. The van der Waals surface area contributed by atoms with Crippen LogP contribution in [0.25, 0.3) is 18.5 Å². The average Bonchev–Trinajstić information content (AvgIpc) is 0. The van der Waals surface area contributed by atoms with Gasteiger partial charge in [0.15, 0.2) is 0 Å². The first-order valence-electron chi connectivity index (χ1n) is 0. The summed E-state index contributed by atoms with van der Waals surface area (Å²) in [6.07, 6.45) is 0. The normalized spacial score (nSPS) is 0. The molecule has 0 aliphatic carbocycles. The summed E-state index contributed by atoms with van der Waals surface area (Å²) in [5.74, 6) is 0. The summed E-state index contributed by atoms with van der Waals surface area (Å²) in [6.45, 7) is 0. The maximum atomic E-state index is 0. The Morgan fingerprint density at radius 1 is 0.500 bits per heavy atom. The summed E-state index contributed by atoms with van der Waals surface area (Å²) in [4.78, 5) is 0. The summed E-state index contributed by atoms with van der Waals surface area (Å²) in [6, 6.07) is 0. The minimum atomic E-state index is 0. The molecule has 0 aromatic carbocycles. The third kappa shape index (κ3) is 12.1. The predicted molar refractivity (Wildman–Crippen MR) is 15.9 cm³/mol. The molecule has 3 nitrogen and oxygen atoms in total. The summed E-state index contributed by atoms with van der Waals surface area (Å²) >= 11 is 0. The van der Waals surface area contributed by atoms with Gasteiger partial charge in [0.1, 0.15) is 0 Å². The zero-order valence-electron chi connectivity index (χ0n) is 2.31. The van der Waals surface area contributed by atoms with E-state index in [1.807, 2.05) is 0 Å². The minimum Gasteiger partial charge on any atom is -0.693 e. The molecule has 0 radical (unpaired) electrons. The largest absolute Gasteiger partial charge is 3.00 e. The SMILES string of the molecule is [NH2-].[NH2-].[NH2-].[Y+3]. The van der Waals surface area contributed by atoms with Gasteiger partial charge in [-0.1, -0.05) is 0 Å². The molecule has 0 spiro atoms. The van der Waals surface area contributed by atoms with Crippen molar-refractivity contribution in [3.05, 3.63) is 18.5 Å². The van der Waals surface area contributed by atoms with E-state index in [4.69, 9.17) is 0 Å². The third-order valence-corrected chi connectivity index (χ3v) is 0. The van der Waals surface area contributed by atoms with Gasteiger partial charge in [0, 0.05) is 0 Å². The molecule has 0 atom stereocenters. The zero-order chi connectivity index (χ0) is 0. The van der Waals surface area contributed by atoms with Gasteiger partial charge in [-0.2, -0.15) is 0 Å². The van der Waals surface area contributed by atoms with Crippen molar-refractivity contribution in [2.24, 2.45) is 0 Å². The fourth-order valence-electron chi connectivity index (χ4n) is 0. The Hall–Kier alpha value is 0.984. The fourth-order valence-corrected chi connectivity index (χ4v) is 0. The van der Waals surface area contributed by atoms with Crippen LogP contribution < -0.4 is 0 Å². The van der Waals surface area contributed by atoms with Crippen molar-refractivity contribution in [3.8, 4) is 0 Å². The molecule has 0 amide bonds. The molecule has 0 saturated heterocycles. The van der Waals surface area contributed by atoms with Crippen LogP contribution in [0.4, 0.5) is 0 Å². The van der Waals surface area contributed by atoms with Crippen LogP contribution in [0.5, 0.6) is 0 Å². The van der Waals surface area contributed by atoms with Crippen molar-refractivity contribution < 1.29 is 32.7 Å². The maximum absolute atomic E-state index is 0. The Morgan fingerprint density at radius 3 is 0.500 bits per heavy atom. The Labute approximate surface area is 51.2 Å². The molecule has 6 N–H and O–H groups in total. The Balaban J connectivity index is 0. The minimum absolute atomic E-state index is 0. The van der Waals surface area contributed by atoms with Crippen LogP contribution in [0.2, 0.25) is 0 Å². The van der Waals surface area contributed by atoms with E-state index in [0.29, 0.717) is 0 Å². The van der Waals surface area contributed by atoms with Gasteiger partial charge in [-0.25, -0.2) is 0 Å². The van der Waals surface area contributed by atoms with Gasteiger partial charge in [0.2, 0.25) is 0 Å². The van der Waals surface area contributed by atoms with Crippen molar-refractivity contribution in [1.29, 1.82) is 0 Å². The van der Waals surface area contributed by atoms with Gasteiger partial charge in [0.25, 0.3) is 0 Å². The molecule has 24 valence electrons. The second-order valence-corrected chi connectivity index (χ2v) is 0. The third-order valence-electron chi connectivity index (χ3n) is 0. The molecular formula is H6N3Y. The van der Waals surface area contributed by atoms with E-state index in [1.54, 1.807) is 0 Å². The Morgan fingerprint density at radius 2 is 0.500 bits per heavy atom. The van der Waals surface area contributed by atoms with Crippen LogP contribution in [0.1, 0.15) is 0 Å². The Kier molecular flexibility index (Phi) is 749.